The molecule has 0 aliphatic carbocycles. The first-order chi connectivity index (χ1) is 13.2. The van der Waals surface area contributed by atoms with Crippen LogP contribution in [-0.2, 0) is 6.42 Å². The van der Waals surface area contributed by atoms with Gasteiger partial charge in [0, 0.05) is 35.4 Å². The van der Waals surface area contributed by atoms with Crippen LogP contribution >= 0.6 is 0 Å². The molecule has 1 amide bonds. The van der Waals surface area contributed by atoms with Crippen LogP contribution in [0, 0.1) is 0 Å². The summed E-state index contributed by atoms with van der Waals surface area (Å²) in [5.74, 6) is 0.740. The van der Waals surface area contributed by atoms with Crippen LogP contribution < -0.4 is 10.1 Å². The van der Waals surface area contributed by atoms with E-state index in [4.69, 9.17) is 4.74 Å². The average Bonchev–Trinajstić information content (AvgIpc) is 3.37. The topological polar surface area (TPSA) is 82.8 Å². The predicted molar refractivity (Wildman–Crippen MR) is 105 cm³/mol. The molecular formula is C21H20N4O2. The number of methoxy groups -OCH3 is 1. The molecule has 27 heavy (non-hydrogen) atoms. The van der Waals surface area contributed by atoms with Crippen molar-refractivity contribution in [1.82, 2.24) is 20.5 Å². The predicted octanol–water partition coefficient (Wildman–Crippen LogP) is 3.54. The Kier molecular flexibility index (Phi) is 4.61. The first kappa shape index (κ1) is 16.9. The zero-order chi connectivity index (χ0) is 18.6. The van der Waals surface area contributed by atoms with Crippen molar-refractivity contribution in [2.24, 2.45) is 0 Å². The minimum Gasteiger partial charge on any atom is -0.497 e. The number of aromatic nitrogens is 3. The first-order valence-electron chi connectivity index (χ1n) is 8.76. The van der Waals surface area contributed by atoms with Gasteiger partial charge in [-0.3, -0.25) is 9.89 Å². The molecule has 2 aromatic heterocycles. The highest BCUT2D eigenvalue weighted by molar-refractivity contribution is 6.07. The second kappa shape index (κ2) is 7.37. The number of aromatic amines is 2. The van der Waals surface area contributed by atoms with Crippen LogP contribution in [0.5, 0.6) is 5.75 Å². The summed E-state index contributed by atoms with van der Waals surface area (Å²) in [7, 11) is 1.65. The van der Waals surface area contributed by atoms with Gasteiger partial charge in [-0.2, -0.15) is 5.10 Å². The number of hydrogen-bond donors (Lipinski definition) is 3. The summed E-state index contributed by atoms with van der Waals surface area (Å²) in [5, 5.41) is 10.7. The Bertz CT molecular complexity index is 1070. The lowest BCUT2D eigenvalue weighted by Gasteiger charge is -2.06. The molecule has 0 atom stereocenters. The Hall–Kier alpha value is -3.54. The molecule has 0 radical (unpaired) electrons. The van der Waals surface area contributed by atoms with Crippen molar-refractivity contribution in [2.45, 2.75) is 6.42 Å². The lowest BCUT2D eigenvalue weighted by atomic mass is 10.1. The molecule has 0 saturated carbocycles. The number of hydrogen-bond acceptors (Lipinski definition) is 3. The maximum atomic E-state index is 12.6. The van der Waals surface area contributed by atoms with Crippen molar-refractivity contribution in [3.8, 4) is 16.9 Å². The zero-order valence-electron chi connectivity index (χ0n) is 15.0. The molecule has 0 fully saturated rings. The summed E-state index contributed by atoms with van der Waals surface area (Å²) in [6, 6.07) is 13.8. The molecule has 0 aliphatic rings. The fraction of sp³-hybridized carbons (Fsp3) is 0.143. The van der Waals surface area contributed by atoms with Crippen LogP contribution in [0.15, 0.2) is 61.1 Å². The Morgan fingerprint density at radius 2 is 2.07 bits per heavy atom. The van der Waals surface area contributed by atoms with Gasteiger partial charge in [-0.1, -0.05) is 24.3 Å². The summed E-state index contributed by atoms with van der Waals surface area (Å²) in [6.07, 6.45) is 6.12. The number of nitrogens with one attached hydrogen (secondary N) is 3. The molecule has 6 heteroatoms. The lowest BCUT2D eigenvalue weighted by molar-refractivity contribution is 0.0956. The third kappa shape index (κ3) is 3.55. The van der Waals surface area contributed by atoms with Gasteiger partial charge in [0.05, 0.1) is 18.9 Å². The Morgan fingerprint density at radius 1 is 1.15 bits per heavy atom. The van der Waals surface area contributed by atoms with Crippen molar-refractivity contribution >= 4 is 16.8 Å². The number of nitrogens with zero attached hydrogens (tertiary/aromatic N) is 1. The molecule has 0 aliphatic heterocycles. The number of carbonyl (C=O) groups is 1. The summed E-state index contributed by atoms with van der Waals surface area (Å²) < 4.78 is 5.23. The van der Waals surface area contributed by atoms with E-state index in [0.29, 0.717) is 12.1 Å². The highest BCUT2D eigenvalue weighted by Crippen LogP contribution is 2.25. The highest BCUT2D eigenvalue weighted by atomic mass is 16.5. The van der Waals surface area contributed by atoms with Crippen molar-refractivity contribution in [3.63, 3.8) is 0 Å². The van der Waals surface area contributed by atoms with E-state index < -0.39 is 0 Å². The number of ether oxygens (including phenoxy) is 1. The summed E-state index contributed by atoms with van der Waals surface area (Å²) in [6.45, 7) is 0.561. The smallest absolute Gasteiger partial charge is 0.253 e. The van der Waals surface area contributed by atoms with E-state index >= 15 is 0 Å². The van der Waals surface area contributed by atoms with Gasteiger partial charge >= 0.3 is 0 Å². The standard InChI is InChI=1S/C21H20N4O2/c1-27-17-4-2-3-14(9-17)7-8-22-21(26)19-13-23-20-10-15(5-6-18(19)20)16-11-24-25-12-16/h2-6,9-13,23H,7-8H2,1H3,(H,22,26)(H,24,25). The molecule has 2 aromatic carbocycles. The molecular weight excluding hydrogens is 340 g/mol. The zero-order valence-corrected chi connectivity index (χ0v) is 15.0. The number of H-pyrrole nitrogens is 2. The monoisotopic (exact) mass is 360 g/mol. The van der Waals surface area contributed by atoms with Gasteiger partial charge in [0.1, 0.15) is 5.75 Å². The molecule has 6 nitrogen and oxygen atoms in total. The Morgan fingerprint density at radius 3 is 2.89 bits per heavy atom. The second-order valence-electron chi connectivity index (χ2n) is 6.31. The van der Waals surface area contributed by atoms with Gasteiger partial charge in [-0.25, -0.2) is 0 Å². The fourth-order valence-corrected chi connectivity index (χ4v) is 3.15. The van der Waals surface area contributed by atoms with Crippen LogP contribution in [0.25, 0.3) is 22.0 Å². The lowest BCUT2D eigenvalue weighted by Crippen LogP contribution is -2.25. The van der Waals surface area contributed by atoms with Crippen molar-refractivity contribution in [2.75, 3.05) is 13.7 Å². The summed E-state index contributed by atoms with van der Waals surface area (Å²) in [5.41, 5.74) is 4.75. The number of benzene rings is 2. The molecule has 0 saturated heterocycles. The van der Waals surface area contributed by atoms with Gasteiger partial charge in [0.25, 0.3) is 5.91 Å². The van der Waals surface area contributed by atoms with Crippen molar-refractivity contribution < 1.29 is 9.53 Å². The molecule has 0 bridgehead atoms. The highest BCUT2D eigenvalue weighted by Gasteiger charge is 2.12. The quantitative estimate of drug-likeness (QED) is 0.492. The molecule has 4 rings (SSSR count). The van der Waals surface area contributed by atoms with Crippen molar-refractivity contribution in [3.05, 3.63) is 72.2 Å². The van der Waals surface area contributed by atoms with E-state index in [2.05, 4.69) is 20.5 Å². The van der Waals surface area contributed by atoms with E-state index in [9.17, 15) is 4.79 Å². The number of rotatable bonds is 6. The van der Waals surface area contributed by atoms with Crippen LogP contribution in [0.2, 0.25) is 0 Å². The third-order valence-electron chi connectivity index (χ3n) is 4.59. The minimum absolute atomic E-state index is 0.0831. The number of fused-ring (bicyclic) bond motifs is 1. The van der Waals surface area contributed by atoms with E-state index in [1.54, 1.807) is 19.5 Å². The molecule has 3 N–H and O–H groups in total. The SMILES string of the molecule is COc1cccc(CCNC(=O)c2c[nH]c3cc(-c4cn[nH]c4)ccc23)c1. The van der Waals surface area contributed by atoms with Crippen LogP contribution in [0.4, 0.5) is 0 Å². The maximum absolute atomic E-state index is 12.6. The largest absolute Gasteiger partial charge is 0.497 e. The molecule has 136 valence electrons. The first-order valence-corrected chi connectivity index (χ1v) is 8.76. The van der Waals surface area contributed by atoms with E-state index in [0.717, 1.165) is 39.8 Å². The number of amides is 1. The van der Waals surface area contributed by atoms with Crippen LogP contribution in [-0.4, -0.2) is 34.7 Å². The molecule has 0 unspecified atom stereocenters. The van der Waals surface area contributed by atoms with E-state index in [-0.39, 0.29) is 5.91 Å². The summed E-state index contributed by atoms with van der Waals surface area (Å²) in [4.78, 5) is 15.8. The summed E-state index contributed by atoms with van der Waals surface area (Å²) >= 11 is 0. The Balaban J connectivity index is 1.44. The van der Waals surface area contributed by atoms with Gasteiger partial charge < -0.3 is 15.0 Å². The van der Waals surface area contributed by atoms with Gasteiger partial charge in [-0.05, 0) is 35.7 Å². The fourth-order valence-electron chi connectivity index (χ4n) is 3.15. The van der Waals surface area contributed by atoms with Crippen molar-refractivity contribution in [1.29, 1.82) is 0 Å². The maximum Gasteiger partial charge on any atom is 0.253 e. The van der Waals surface area contributed by atoms with Crippen LogP contribution in [0.3, 0.4) is 0 Å². The molecule has 4 aromatic rings. The van der Waals surface area contributed by atoms with Crippen LogP contribution in [0.1, 0.15) is 15.9 Å². The van der Waals surface area contributed by atoms with Gasteiger partial charge in [0.15, 0.2) is 0 Å². The van der Waals surface area contributed by atoms with Gasteiger partial charge in [0.2, 0.25) is 0 Å². The van der Waals surface area contributed by atoms with E-state index in [1.165, 1.54) is 0 Å². The Labute approximate surface area is 156 Å². The van der Waals surface area contributed by atoms with E-state index in [1.807, 2.05) is 48.7 Å². The minimum atomic E-state index is -0.0831. The molecule has 0 spiro atoms. The number of carbonyl (C=O) groups excluding carboxylic acids is 1. The second-order valence-corrected chi connectivity index (χ2v) is 6.31. The third-order valence-corrected chi connectivity index (χ3v) is 4.59. The average molecular weight is 360 g/mol. The normalized spacial score (nSPS) is 10.9. The van der Waals surface area contributed by atoms with Gasteiger partial charge in [-0.15, -0.1) is 0 Å². The molecule has 2 heterocycles.